The van der Waals surface area contributed by atoms with Crippen molar-refractivity contribution in [2.75, 3.05) is 39.5 Å². The van der Waals surface area contributed by atoms with Crippen molar-refractivity contribution in [3.05, 3.63) is 0 Å². The maximum atomic E-state index is 11.2. The van der Waals surface area contributed by atoms with E-state index in [4.69, 9.17) is 9.47 Å². The molecule has 14 heavy (non-hydrogen) atoms. The Balaban J connectivity index is 1.68. The highest BCUT2D eigenvalue weighted by Crippen LogP contribution is 2.18. The predicted octanol–water partition coefficient (Wildman–Crippen LogP) is 0.272. The second kappa shape index (κ2) is 4.75. The van der Waals surface area contributed by atoms with Crippen LogP contribution in [0.2, 0.25) is 0 Å². The van der Waals surface area contributed by atoms with E-state index < -0.39 is 0 Å². The fourth-order valence-corrected chi connectivity index (χ4v) is 1.96. The van der Waals surface area contributed by atoms with Crippen LogP contribution in [0.15, 0.2) is 0 Å². The van der Waals surface area contributed by atoms with Gasteiger partial charge in [0.25, 0.3) is 0 Å². The van der Waals surface area contributed by atoms with Crippen LogP contribution in [0.1, 0.15) is 12.8 Å². The second-order valence-electron chi connectivity index (χ2n) is 3.90. The molecule has 0 radical (unpaired) electrons. The van der Waals surface area contributed by atoms with Gasteiger partial charge >= 0.3 is 5.97 Å². The molecule has 4 nitrogen and oxygen atoms in total. The zero-order chi connectivity index (χ0) is 9.80. The lowest BCUT2D eigenvalue weighted by atomic mass is 10.0. The highest BCUT2D eigenvalue weighted by atomic mass is 16.5. The third-order valence-electron chi connectivity index (χ3n) is 2.94. The average Bonchev–Trinajstić information content (AvgIpc) is 2.63. The Morgan fingerprint density at radius 3 is 2.71 bits per heavy atom. The molecule has 2 rings (SSSR count). The molecule has 2 saturated heterocycles. The summed E-state index contributed by atoms with van der Waals surface area (Å²) in [6, 6.07) is 0. The van der Waals surface area contributed by atoms with Crippen LogP contribution in [0.3, 0.4) is 0 Å². The molecule has 4 heteroatoms. The lowest BCUT2D eigenvalue weighted by molar-refractivity contribution is -0.141. The predicted molar refractivity (Wildman–Crippen MR) is 50.9 cm³/mol. The van der Waals surface area contributed by atoms with Crippen LogP contribution in [0.5, 0.6) is 0 Å². The molecule has 0 aromatic carbocycles. The van der Waals surface area contributed by atoms with Gasteiger partial charge in [-0.3, -0.25) is 9.69 Å². The van der Waals surface area contributed by atoms with Gasteiger partial charge in [0.15, 0.2) is 0 Å². The first-order valence-corrected chi connectivity index (χ1v) is 5.33. The van der Waals surface area contributed by atoms with Gasteiger partial charge in [-0.05, 0) is 19.4 Å². The number of carbonyl (C=O) groups is 1. The fourth-order valence-electron chi connectivity index (χ4n) is 1.96. The molecule has 2 aliphatic heterocycles. The first kappa shape index (κ1) is 9.93. The molecule has 1 unspecified atom stereocenters. The van der Waals surface area contributed by atoms with E-state index in [9.17, 15) is 4.79 Å². The number of nitrogens with zero attached hydrogens (tertiary/aromatic N) is 1. The largest absolute Gasteiger partial charge is 0.465 e. The van der Waals surface area contributed by atoms with E-state index in [1.807, 2.05) is 0 Å². The number of hydrogen-bond donors (Lipinski definition) is 0. The Morgan fingerprint density at radius 1 is 1.29 bits per heavy atom. The maximum absolute atomic E-state index is 11.2. The Morgan fingerprint density at radius 2 is 2.07 bits per heavy atom. The molecule has 0 aromatic rings. The summed E-state index contributed by atoms with van der Waals surface area (Å²) in [5.74, 6) is 0.149. The van der Waals surface area contributed by atoms with E-state index in [0.29, 0.717) is 6.61 Å². The number of esters is 1. The van der Waals surface area contributed by atoms with E-state index in [0.717, 1.165) is 45.7 Å². The highest BCUT2D eigenvalue weighted by molar-refractivity contribution is 5.74. The first-order chi connectivity index (χ1) is 6.86. The van der Waals surface area contributed by atoms with Crippen molar-refractivity contribution in [2.45, 2.75) is 12.8 Å². The van der Waals surface area contributed by atoms with Gasteiger partial charge < -0.3 is 9.47 Å². The molecule has 80 valence electrons. The molecule has 1 atom stereocenters. The monoisotopic (exact) mass is 199 g/mol. The minimum Gasteiger partial charge on any atom is -0.465 e. The summed E-state index contributed by atoms with van der Waals surface area (Å²) in [6.07, 6.45) is 1.85. The lowest BCUT2D eigenvalue weighted by Crippen LogP contribution is -2.37. The summed E-state index contributed by atoms with van der Waals surface area (Å²) in [6.45, 7) is 5.28. The summed E-state index contributed by atoms with van der Waals surface area (Å²) in [7, 11) is 0. The van der Waals surface area contributed by atoms with Crippen molar-refractivity contribution >= 4 is 5.97 Å². The van der Waals surface area contributed by atoms with Gasteiger partial charge in [0.05, 0.1) is 25.7 Å². The third-order valence-corrected chi connectivity index (χ3v) is 2.94. The fraction of sp³-hybridized carbons (Fsp3) is 0.900. The van der Waals surface area contributed by atoms with Crippen LogP contribution in [0.25, 0.3) is 0 Å². The van der Waals surface area contributed by atoms with Crippen LogP contribution >= 0.6 is 0 Å². The molecule has 0 aromatic heterocycles. The summed E-state index contributed by atoms with van der Waals surface area (Å²) in [4.78, 5) is 13.5. The van der Waals surface area contributed by atoms with Gasteiger partial charge in [-0.1, -0.05) is 0 Å². The summed E-state index contributed by atoms with van der Waals surface area (Å²) in [5.41, 5.74) is 0. The van der Waals surface area contributed by atoms with Crippen molar-refractivity contribution in [3.8, 4) is 0 Å². The number of morpholine rings is 1. The number of carbonyl (C=O) groups excluding carboxylic acids is 1. The van der Waals surface area contributed by atoms with Crippen LogP contribution < -0.4 is 0 Å². The van der Waals surface area contributed by atoms with Crippen molar-refractivity contribution in [2.24, 2.45) is 5.92 Å². The minimum absolute atomic E-state index is 0.00161. The maximum Gasteiger partial charge on any atom is 0.309 e. The van der Waals surface area contributed by atoms with Crippen molar-refractivity contribution < 1.29 is 14.3 Å². The molecule has 0 N–H and O–H groups in total. The van der Waals surface area contributed by atoms with Crippen molar-refractivity contribution in [1.82, 2.24) is 4.90 Å². The van der Waals surface area contributed by atoms with E-state index in [-0.39, 0.29) is 11.9 Å². The van der Waals surface area contributed by atoms with Crippen LogP contribution in [0, 0.1) is 5.92 Å². The van der Waals surface area contributed by atoms with Gasteiger partial charge in [0.1, 0.15) is 0 Å². The zero-order valence-corrected chi connectivity index (χ0v) is 8.41. The first-order valence-electron chi connectivity index (χ1n) is 5.33. The Labute approximate surface area is 84.2 Å². The normalized spacial score (nSPS) is 29.1. The molecular weight excluding hydrogens is 182 g/mol. The molecule has 2 heterocycles. The number of rotatable bonds is 3. The van der Waals surface area contributed by atoms with Crippen LogP contribution in [0.4, 0.5) is 0 Å². The quantitative estimate of drug-likeness (QED) is 0.612. The van der Waals surface area contributed by atoms with Gasteiger partial charge in [-0.15, -0.1) is 0 Å². The summed E-state index contributed by atoms with van der Waals surface area (Å²) >= 11 is 0. The molecule has 0 saturated carbocycles. The third kappa shape index (κ3) is 2.45. The SMILES string of the molecule is O=C1OCCC1CCN1CCOCC1. The summed E-state index contributed by atoms with van der Waals surface area (Å²) < 4.78 is 10.2. The number of ether oxygens (including phenoxy) is 2. The minimum atomic E-state index is -0.00161. The van der Waals surface area contributed by atoms with Gasteiger partial charge in [0, 0.05) is 13.1 Å². The van der Waals surface area contributed by atoms with Gasteiger partial charge in [0.2, 0.25) is 0 Å². The van der Waals surface area contributed by atoms with Crippen molar-refractivity contribution in [3.63, 3.8) is 0 Å². The Bertz CT molecular complexity index is 202. The van der Waals surface area contributed by atoms with Gasteiger partial charge in [-0.25, -0.2) is 0 Å². The zero-order valence-electron chi connectivity index (χ0n) is 8.41. The molecular formula is C10H17NO3. The number of cyclic esters (lactones) is 1. The molecule has 2 fully saturated rings. The number of hydrogen-bond acceptors (Lipinski definition) is 4. The summed E-state index contributed by atoms with van der Waals surface area (Å²) in [5, 5.41) is 0. The Kier molecular flexibility index (Phi) is 3.37. The average molecular weight is 199 g/mol. The Hall–Kier alpha value is -0.610. The van der Waals surface area contributed by atoms with Crippen LogP contribution in [-0.4, -0.2) is 50.3 Å². The standard InChI is InChI=1S/C10H17NO3/c12-10-9(2-6-14-10)1-3-11-4-7-13-8-5-11/h9H,1-8H2. The van der Waals surface area contributed by atoms with E-state index >= 15 is 0 Å². The smallest absolute Gasteiger partial charge is 0.309 e. The molecule has 0 amide bonds. The van der Waals surface area contributed by atoms with Crippen molar-refractivity contribution in [1.29, 1.82) is 0 Å². The van der Waals surface area contributed by atoms with E-state index in [2.05, 4.69) is 4.90 Å². The van der Waals surface area contributed by atoms with Gasteiger partial charge in [-0.2, -0.15) is 0 Å². The molecule has 2 aliphatic rings. The topological polar surface area (TPSA) is 38.8 Å². The highest BCUT2D eigenvalue weighted by Gasteiger charge is 2.26. The van der Waals surface area contributed by atoms with E-state index in [1.54, 1.807) is 0 Å². The van der Waals surface area contributed by atoms with E-state index in [1.165, 1.54) is 0 Å². The van der Waals surface area contributed by atoms with Crippen LogP contribution in [-0.2, 0) is 14.3 Å². The second-order valence-corrected chi connectivity index (χ2v) is 3.90. The lowest BCUT2D eigenvalue weighted by Gasteiger charge is -2.26. The molecule has 0 aliphatic carbocycles. The molecule has 0 bridgehead atoms. The molecule has 0 spiro atoms.